The Kier molecular flexibility index (Phi) is 5.56. The highest BCUT2D eigenvalue weighted by atomic mass is 32.2. The van der Waals surface area contributed by atoms with E-state index in [1.165, 1.54) is 0 Å². The summed E-state index contributed by atoms with van der Waals surface area (Å²) in [5, 5.41) is 12.9. The largest absolute Gasteiger partial charge is 0.379 e. The molecule has 3 aromatic carbocycles. The monoisotopic (exact) mass is 383 g/mol. The average molecular weight is 384 g/mol. The Hall–Kier alpha value is -2.88. The first-order chi connectivity index (χ1) is 13.8. The van der Waals surface area contributed by atoms with E-state index in [2.05, 4.69) is 17.1 Å². The molecule has 1 aromatic heterocycles. The molecule has 0 bridgehead atoms. The van der Waals surface area contributed by atoms with E-state index in [4.69, 9.17) is 0 Å². The van der Waals surface area contributed by atoms with Crippen molar-refractivity contribution in [2.24, 2.45) is 0 Å². The van der Waals surface area contributed by atoms with Crippen LogP contribution in [0.25, 0.3) is 0 Å². The van der Waals surface area contributed by atoms with Crippen LogP contribution in [0, 0.1) is 0 Å². The second-order valence-electron chi connectivity index (χ2n) is 6.57. The van der Waals surface area contributed by atoms with Crippen LogP contribution in [-0.4, -0.2) is 10.1 Å². The summed E-state index contributed by atoms with van der Waals surface area (Å²) in [6.07, 6.45) is 1.79. The molecule has 1 unspecified atom stereocenters. The average Bonchev–Trinajstić information content (AvgIpc) is 2.79. The van der Waals surface area contributed by atoms with Crippen LogP contribution in [0.1, 0.15) is 21.9 Å². The van der Waals surface area contributed by atoms with E-state index >= 15 is 0 Å². The van der Waals surface area contributed by atoms with Crippen LogP contribution in [-0.2, 0) is 5.60 Å². The number of benzene rings is 3. The molecule has 0 saturated heterocycles. The van der Waals surface area contributed by atoms with Gasteiger partial charge in [-0.3, -0.25) is 0 Å². The zero-order valence-corrected chi connectivity index (χ0v) is 16.2. The number of hydrogen-bond donors (Lipinski definition) is 1. The maximum Gasteiger partial charge on any atom is 0.131 e. The summed E-state index contributed by atoms with van der Waals surface area (Å²) < 4.78 is 0. The second kappa shape index (κ2) is 8.42. The SMILES string of the molecule is OC(c1ccccc1)(c1ccccc1)C(Sc1ccccn1)c1ccccc1. The van der Waals surface area contributed by atoms with Crippen LogP contribution in [0.15, 0.2) is 120 Å². The van der Waals surface area contributed by atoms with Crippen molar-refractivity contribution in [3.05, 3.63) is 132 Å². The lowest BCUT2D eigenvalue weighted by molar-refractivity contribution is 0.0777. The van der Waals surface area contributed by atoms with Crippen molar-refractivity contribution < 1.29 is 5.11 Å². The van der Waals surface area contributed by atoms with Crippen molar-refractivity contribution in [1.82, 2.24) is 4.98 Å². The summed E-state index contributed by atoms with van der Waals surface area (Å²) in [6.45, 7) is 0. The van der Waals surface area contributed by atoms with Gasteiger partial charge in [0, 0.05) is 6.20 Å². The molecule has 1 heterocycles. The molecule has 1 N–H and O–H groups in total. The maximum absolute atomic E-state index is 12.3. The smallest absolute Gasteiger partial charge is 0.131 e. The Morgan fingerprint density at radius 1 is 0.643 bits per heavy atom. The molecule has 138 valence electrons. The Balaban J connectivity index is 1.91. The lowest BCUT2D eigenvalue weighted by atomic mass is 9.81. The van der Waals surface area contributed by atoms with Crippen LogP contribution < -0.4 is 0 Å². The molecule has 0 spiro atoms. The Morgan fingerprint density at radius 3 is 1.64 bits per heavy atom. The molecule has 28 heavy (non-hydrogen) atoms. The lowest BCUT2D eigenvalue weighted by Gasteiger charge is -2.37. The third-order valence-corrected chi connectivity index (χ3v) is 6.12. The van der Waals surface area contributed by atoms with E-state index in [-0.39, 0.29) is 5.25 Å². The van der Waals surface area contributed by atoms with Crippen LogP contribution in [0.4, 0.5) is 0 Å². The first-order valence-corrected chi connectivity index (χ1v) is 10.1. The summed E-state index contributed by atoms with van der Waals surface area (Å²) in [7, 11) is 0. The molecule has 3 heteroatoms. The van der Waals surface area contributed by atoms with Gasteiger partial charge < -0.3 is 5.11 Å². The second-order valence-corrected chi connectivity index (χ2v) is 7.70. The molecule has 0 radical (unpaired) electrons. The Morgan fingerprint density at radius 2 is 1.14 bits per heavy atom. The summed E-state index contributed by atoms with van der Waals surface area (Å²) in [4.78, 5) is 4.50. The van der Waals surface area contributed by atoms with Gasteiger partial charge in [0.25, 0.3) is 0 Å². The van der Waals surface area contributed by atoms with Gasteiger partial charge in [0.2, 0.25) is 0 Å². The number of thioether (sulfide) groups is 1. The molecule has 0 saturated carbocycles. The van der Waals surface area contributed by atoms with E-state index in [1.54, 1.807) is 18.0 Å². The minimum absolute atomic E-state index is 0.270. The van der Waals surface area contributed by atoms with Gasteiger partial charge in [-0.1, -0.05) is 109 Å². The minimum Gasteiger partial charge on any atom is -0.379 e. The zero-order chi connectivity index (χ0) is 19.2. The predicted octanol–water partition coefficient (Wildman–Crippen LogP) is 5.85. The number of pyridine rings is 1. The molecular weight excluding hydrogens is 362 g/mol. The van der Waals surface area contributed by atoms with Crippen molar-refractivity contribution in [2.75, 3.05) is 0 Å². The standard InChI is InChI=1S/C25H21NOS/c27-25(21-14-6-2-7-15-21,22-16-8-3-9-17-22)24(20-12-4-1-5-13-20)28-23-18-10-11-19-26-23/h1-19,24,27H. The highest BCUT2D eigenvalue weighted by Crippen LogP contribution is 2.50. The lowest BCUT2D eigenvalue weighted by Crippen LogP contribution is -2.33. The number of hydrogen-bond acceptors (Lipinski definition) is 3. The van der Waals surface area contributed by atoms with E-state index in [0.717, 1.165) is 21.7 Å². The molecular formula is C25H21NOS. The molecule has 0 aliphatic heterocycles. The third kappa shape index (κ3) is 3.72. The van der Waals surface area contributed by atoms with E-state index in [0.29, 0.717) is 0 Å². The maximum atomic E-state index is 12.3. The molecule has 1 atom stereocenters. The number of rotatable bonds is 6. The van der Waals surface area contributed by atoms with Crippen LogP contribution >= 0.6 is 11.8 Å². The molecule has 2 nitrogen and oxygen atoms in total. The fraction of sp³-hybridized carbons (Fsp3) is 0.0800. The molecule has 0 fully saturated rings. The normalized spacial score (nSPS) is 12.5. The van der Waals surface area contributed by atoms with E-state index in [1.807, 2.05) is 97.1 Å². The van der Waals surface area contributed by atoms with Gasteiger partial charge in [0.15, 0.2) is 0 Å². The summed E-state index contributed by atoms with van der Waals surface area (Å²) in [5.41, 5.74) is 1.55. The van der Waals surface area contributed by atoms with Gasteiger partial charge in [0.1, 0.15) is 5.60 Å². The van der Waals surface area contributed by atoms with Crippen LogP contribution in [0.2, 0.25) is 0 Å². The van der Waals surface area contributed by atoms with E-state index in [9.17, 15) is 5.11 Å². The highest BCUT2D eigenvalue weighted by molar-refractivity contribution is 7.99. The quantitative estimate of drug-likeness (QED) is 0.424. The number of aliphatic hydroxyl groups is 1. The van der Waals surface area contributed by atoms with E-state index < -0.39 is 5.60 Å². The molecule has 4 rings (SSSR count). The number of aromatic nitrogens is 1. The molecule has 0 aliphatic carbocycles. The molecule has 0 aliphatic rings. The van der Waals surface area contributed by atoms with Gasteiger partial charge in [-0.2, -0.15) is 0 Å². The van der Waals surface area contributed by atoms with Gasteiger partial charge in [-0.05, 0) is 28.8 Å². The van der Waals surface area contributed by atoms with Crippen molar-refractivity contribution >= 4 is 11.8 Å². The topological polar surface area (TPSA) is 33.1 Å². The Labute approximate surface area is 169 Å². The van der Waals surface area contributed by atoms with Gasteiger partial charge in [-0.15, -0.1) is 0 Å². The van der Waals surface area contributed by atoms with Crippen molar-refractivity contribution in [2.45, 2.75) is 15.9 Å². The minimum atomic E-state index is -1.22. The summed E-state index contributed by atoms with van der Waals surface area (Å²) >= 11 is 1.58. The van der Waals surface area contributed by atoms with Crippen LogP contribution in [0.3, 0.4) is 0 Å². The Bertz CT molecular complexity index is 952. The first-order valence-electron chi connectivity index (χ1n) is 9.24. The highest BCUT2D eigenvalue weighted by Gasteiger charge is 2.42. The fourth-order valence-electron chi connectivity index (χ4n) is 3.41. The third-order valence-electron chi connectivity index (χ3n) is 4.79. The molecule has 4 aromatic rings. The summed E-state index contributed by atoms with van der Waals surface area (Å²) in [6, 6.07) is 35.8. The van der Waals surface area contributed by atoms with Crippen molar-refractivity contribution in [3.8, 4) is 0 Å². The first kappa shape index (κ1) is 18.5. The van der Waals surface area contributed by atoms with Crippen molar-refractivity contribution in [1.29, 1.82) is 0 Å². The van der Waals surface area contributed by atoms with Gasteiger partial charge in [-0.25, -0.2) is 4.98 Å². The predicted molar refractivity (Wildman–Crippen MR) is 115 cm³/mol. The molecule has 0 amide bonds. The zero-order valence-electron chi connectivity index (χ0n) is 15.3. The fourth-order valence-corrected chi connectivity index (χ4v) is 4.67. The number of nitrogens with zero attached hydrogens (tertiary/aromatic N) is 1. The summed E-state index contributed by atoms with van der Waals surface area (Å²) in [5.74, 6) is 0. The van der Waals surface area contributed by atoms with Gasteiger partial charge in [0.05, 0.1) is 10.3 Å². The van der Waals surface area contributed by atoms with Crippen LogP contribution in [0.5, 0.6) is 0 Å². The van der Waals surface area contributed by atoms with Gasteiger partial charge >= 0.3 is 0 Å². The van der Waals surface area contributed by atoms with Crippen molar-refractivity contribution in [3.63, 3.8) is 0 Å².